The summed E-state index contributed by atoms with van der Waals surface area (Å²) < 4.78 is 24.6. The fourth-order valence-corrected chi connectivity index (χ4v) is 3.41. The number of fused-ring (bicyclic) bond motifs is 1. The Morgan fingerprint density at radius 3 is 2.57 bits per heavy atom. The highest BCUT2D eigenvalue weighted by atomic mass is 19.1. The molecule has 0 bridgehead atoms. The Labute approximate surface area is 164 Å². The molecule has 2 N–H and O–H groups in total. The molecular formula is C21H22BFN2O3. The van der Waals surface area contributed by atoms with Gasteiger partial charge in [-0.2, -0.15) is 0 Å². The Hall–Kier alpha value is -2.96. The van der Waals surface area contributed by atoms with Gasteiger partial charge in [-0.3, -0.25) is 4.79 Å². The van der Waals surface area contributed by atoms with Crippen LogP contribution in [0, 0.1) is 19.7 Å². The lowest BCUT2D eigenvalue weighted by Crippen LogP contribution is -2.26. The SMILES string of the molecule is [B]c1cc(F)c2[nH]c(C)c(CCNC(=O)c3ccc(OC)c(OC)c3)c2c1C. The number of amides is 1. The lowest BCUT2D eigenvalue weighted by atomic mass is 9.87. The second-order valence-electron chi connectivity index (χ2n) is 6.63. The van der Waals surface area contributed by atoms with E-state index < -0.39 is 0 Å². The quantitative estimate of drug-likeness (QED) is 0.647. The average Bonchev–Trinajstić information content (AvgIpc) is 3.02. The van der Waals surface area contributed by atoms with E-state index in [1.165, 1.54) is 13.2 Å². The number of rotatable bonds is 6. The van der Waals surface area contributed by atoms with Crippen molar-refractivity contribution in [2.24, 2.45) is 0 Å². The first kappa shape index (κ1) is 19.8. The molecule has 0 saturated carbocycles. The Morgan fingerprint density at radius 1 is 1.18 bits per heavy atom. The van der Waals surface area contributed by atoms with Gasteiger partial charge in [-0.1, -0.05) is 5.46 Å². The lowest BCUT2D eigenvalue weighted by molar-refractivity contribution is 0.0953. The zero-order valence-electron chi connectivity index (χ0n) is 16.4. The molecular weight excluding hydrogens is 358 g/mol. The maximum Gasteiger partial charge on any atom is 0.251 e. The maximum atomic E-state index is 14.2. The van der Waals surface area contributed by atoms with E-state index >= 15 is 0 Å². The number of aromatic amines is 1. The van der Waals surface area contributed by atoms with Crippen molar-refractivity contribution in [2.45, 2.75) is 20.3 Å². The van der Waals surface area contributed by atoms with Crippen LogP contribution in [0.15, 0.2) is 24.3 Å². The van der Waals surface area contributed by atoms with Crippen LogP contribution in [0.25, 0.3) is 10.9 Å². The number of ether oxygens (including phenoxy) is 2. The molecule has 28 heavy (non-hydrogen) atoms. The van der Waals surface area contributed by atoms with Crippen LogP contribution < -0.4 is 20.3 Å². The molecule has 1 heterocycles. The molecule has 0 saturated heterocycles. The number of nitrogens with one attached hydrogen (secondary N) is 2. The molecule has 0 aliphatic heterocycles. The van der Waals surface area contributed by atoms with Crippen LogP contribution in [-0.4, -0.2) is 39.5 Å². The summed E-state index contributed by atoms with van der Waals surface area (Å²) in [5.74, 6) is 0.454. The van der Waals surface area contributed by atoms with E-state index in [0.717, 1.165) is 22.2 Å². The van der Waals surface area contributed by atoms with E-state index in [1.807, 2.05) is 13.8 Å². The molecule has 5 nitrogen and oxygen atoms in total. The first-order valence-electron chi connectivity index (χ1n) is 8.93. The van der Waals surface area contributed by atoms with Crippen molar-refractivity contribution >= 4 is 30.1 Å². The molecule has 3 rings (SSSR count). The molecule has 0 unspecified atom stereocenters. The van der Waals surface area contributed by atoms with E-state index in [9.17, 15) is 9.18 Å². The molecule has 0 aliphatic rings. The van der Waals surface area contributed by atoms with Gasteiger partial charge >= 0.3 is 0 Å². The summed E-state index contributed by atoms with van der Waals surface area (Å²) in [5.41, 5.74) is 3.99. The third kappa shape index (κ3) is 3.57. The molecule has 0 atom stereocenters. The van der Waals surface area contributed by atoms with Crippen molar-refractivity contribution in [3.05, 3.63) is 52.5 Å². The smallest absolute Gasteiger partial charge is 0.251 e. The minimum absolute atomic E-state index is 0.221. The molecule has 0 fully saturated rings. The molecule has 1 amide bonds. The number of carbonyl (C=O) groups is 1. The predicted molar refractivity (Wildman–Crippen MR) is 109 cm³/mol. The molecule has 3 aromatic rings. The highest BCUT2D eigenvalue weighted by Crippen LogP contribution is 2.28. The number of aromatic nitrogens is 1. The third-order valence-corrected chi connectivity index (χ3v) is 4.95. The molecule has 0 spiro atoms. The van der Waals surface area contributed by atoms with Crippen molar-refractivity contribution in [1.29, 1.82) is 0 Å². The van der Waals surface area contributed by atoms with E-state index in [0.29, 0.717) is 41.0 Å². The summed E-state index contributed by atoms with van der Waals surface area (Å²) in [6.07, 6.45) is 0.550. The van der Waals surface area contributed by atoms with Crippen molar-refractivity contribution in [3.63, 3.8) is 0 Å². The van der Waals surface area contributed by atoms with Crippen LogP contribution in [0.5, 0.6) is 11.5 Å². The highest BCUT2D eigenvalue weighted by molar-refractivity contribution is 6.34. The first-order chi connectivity index (χ1) is 13.4. The zero-order valence-corrected chi connectivity index (χ0v) is 16.4. The highest BCUT2D eigenvalue weighted by Gasteiger charge is 2.16. The van der Waals surface area contributed by atoms with Gasteiger partial charge in [0.15, 0.2) is 11.5 Å². The Kier molecular flexibility index (Phi) is 5.63. The minimum atomic E-state index is -0.373. The second kappa shape index (κ2) is 7.96. The van der Waals surface area contributed by atoms with Crippen LogP contribution in [0.3, 0.4) is 0 Å². The monoisotopic (exact) mass is 380 g/mol. The second-order valence-corrected chi connectivity index (χ2v) is 6.63. The predicted octanol–water partition coefficient (Wildman–Crippen LogP) is 2.71. The van der Waals surface area contributed by atoms with Crippen LogP contribution in [-0.2, 0) is 6.42 Å². The number of aryl methyl sites for hydroxylation is 2. The van der Waals surface area contributed by atoms with Crippen LogP contribution >= 0.6 is 0 Å². The standard InChI is InChI=1S/C21H22BFN2O3/c1-11-15(22)10-16(23)20-19(11)14(12(2)25-20)7-8-24-21(26)13-5-6-17(27-3)18(9-13)28-4/h5-6,9-10,25H,7-8H2,1-4H3,(H,24,26). The molecule has 7 heteroatoms. The fraction of sp³-hybridized carbons (Fsp3) is 0.286. The largest absolute Gasteiger partial charge is 0.493 e. The number of halogens is 1. The Balaban J connectivity index is 1.77. The Morgan fingerprint density at radius 2 is 1.89 bits per heavy atom. The van der Waals surface area contributed by atoms with Crippen molar-refractivity contribution < 1.29 is 18.7 Å². The van der Waals surface area contributed by atoms with E-state index in [2.05, 4.69) is 10.3 Å². The molecule has 2 aromatic carbocycles. The van der Waals surface area contributed by atoms with Gasteiger partial charge in [0.1, 0.15) is 13.7 Å². The van der Waals surface area contributed by atoms with E-state index in [4.69, 9.17) is 17.3 Å². The van der Waals surface area contributed by atoms with Gasteiger partial charge in [0.25, 0.3) is 5.91 Å². The summed E-state index contributed by atoms with van der Waals surface area (Å²) in [4.78, 5) is 15.6. The van der Waals surface area contributed by atoms with Gasteiger partial charge < -0.3 is 19.8 Å². The number of hydrogen-bond donors (Lipinski definition) is 2. The lowest BCUT2D eigenvalue weighted by Gasteiger charge is -2.11. The average molecular weight is 380 g/mol. The summed E-state index contributed by atoms with van der Waals surface area (Å²) in [6.45, 7) is 4.16. The summed E-state index contributed by atoms with van der Waals surface area (Å²) in [5, 5.41) is 3.68. The van der Waals surface area contributed by atoms with Crippen molar-refractivity contribution in [1.82, 2.24) is 10.3 Å². The van der Waals surface area contributed by atoms with Gasteiger partial charge in [-0.25, -0.2) is 4.39 Å². The van der Waals surface area contributed by atoms with Crippen molar-refractivity contribution in [3.8, 4) is 11.5 Å². The number of hydrogen-bond acceptors (Lipinski definition) is 3. The minimum Gasteiger partial charge on any atom is -0.493 e. The third-order valence-electron chi connectivity index (χ3n) is 4.95. The van der Waals surface area contributed by atoms with Crippen LogP contribution in [0.1, 0.15) is 27.2 Å². The topological polar surface area (TPSA) is 63.4 Å². The van der Waals surface area contributed by atoms with Crippen LogP contribution in [0.4, 0.5) is 4.39 Å². The number of carbonyl (C=O) groups excluding carboxylic acids is 1. The summed E-state index contributed by atoms with van der Waals surface area (Å²) >= 11 is 0. The molecule has 2 radical (unpaired) electrons. The Bertz CT molecular complexity index is 1050. The van der Waals surface area contributed by atoms with Gasteiger partial charge in [0.05, 0.1) is 19.7 Å². The zero-order chi connectivity index (χ0) is 20.4. The van der Waals surface area contributed by atoms with E-state index in [1.54, 1.807) is 25.3 Å². The summed E-state index contributed by atoms with van der Waals surface area (Å²) in [6, 6.07) is 6.32. The number of H-pyrrole nitrogens is 1. The van der Waals surface area contributed by atoms with E-state index in [-0.39, 0.29) is 11.7 Å². The molecule has 0 aliphatic carbocycles. The number of benzene rings is 2. The van der Waals surface area contributed by atoms with Gasteiger partial charge in [-0.15, -0.1) is 0 Å². The molecule has 144 valence electrons. The van der Waals surface area contributed by atoms with Gasteiger partial charge in [-0.05, 0) is 55.7 Å². The maximum absolute atomic E-state index is 14.2. The van der Waals surface area contributed by atoms with Gasteiger partial charge in [0, 0.05) is 23.2 Å². The normalized spacial score (nSPS) is 10.9. The molecule has 1 aromatic heterocycles. The van der Waals surface area contributed by atoms with Crippen molar-refractivity contribution in [2.75, 3.05) is 20.8 Å². The fourth-order valence-electron chi connectivity index (χ4n) is 3.41. The summed E-state index contributed by atoms with van der Waals surface area (Å²) in [7, 11) is 8.98. The number of methoxy groups -OCH3 is 2. The van der Waals surface area contributed by atoms with Crippen LogP contribution in [0.2, 0.25) is 0 Å². The van der Waals surface area contributed by atoms with Gasteiger partial charge in [0.2, 0.25) is 0 Å². The first-order valence-corrected chi connectivity index (χ1v) is 8.93.